The Morgan fingerprint density at radius 1 is 1.43 bits per heavy atom. The van der Waals surface area contributed by atoms with Gasteiger partial charge in [-0.3, -0.25) is 0 Å². The summed E-state index contributed by atoms with van der Waals surface area (Å²) in [5.41, 5.74) is 5.71. The van der Waals surface area contributed by atoms with Crippen molar-refractivity contribution in [3.05, 3.63) is 17.8 Å². The molecule has 0 bridgehead atoms. The molecule has 1 rings (SSSR count). The van der Waals surface area contributed by atoms with E-state index >= 15 is 0 Å². The third-order valence-corrected chi connectivity index (χ3v) is 1.59. The first kappa shape index (κ1) is 10.9. The summed E-state index contributed by atoms with van der Waals surface area (Å²) in [5, 5.41) is 3.75. The monoisotopic (exact) mass is 195 g/mol. The molecule has 78 valence electrons. The smallest absolute Gasteiger partial charge is 0.250 e. The SMILES string of the molecule is CC(N)c1noc(/C=C/C(C)(C)C)n1. The Balaban J connectivity index is 2.74. The summed E-state index contributed by atoms with van der Waals surface area (Å²) < 4.78 is 4.99. The van der Waals surface area contributed by atoms with Gasteiger partial charge in [0.2, 0.25) is 5.89 Å². The molecule has 0 spiro atoms. The lowest BCUT2D eigenvalue weighted by atomic mass is 9.96. The third kappa shape index (κ3) is 3.30. The van der Waals surface area contributed by atoms with Gasteiger partial charge in [-0.05, 0) is 18.4 Å². The van der Waals surface area contributed by atoms with Crippen LogP contribution in [0.1, 0.15) is 45.5 Å². The van der Waals surface area contributed by atoms with Crippen LogP contribution in [0.15, 0.2) is 10.6 Å². The van der Waals surface area contributed by atoms with Gasteiger partial charge in [0.15, 0.2) is 5.82 Å². The van der Waals surface area contributed by atoms with E-state index in [1.54, 1.807) is 0 Å². The predicted octanol–water partition coefficient (Wildman–Crippen LogP) is 2.15. The van der Waals surface area contributed by atoms with Crippen molar-refractivity contribution in [2.75, 3.05) is 0 Å². The number of hydrogen-bond donors (Lipinski definition) is 1. The molecule has 1 unspecified atom stereocenters. The molecule has 1 aromatic heterocycles. The molecule has 0 saturated heterocycles. The molecule has 4 heteroatoms. The molecule has 1 atom stereocenters. The van der Waals surface area contributed by atoms with Crippen molar-refractivity contribution in [3.63, 3.8) is 0 Å². The van der Waals surface area contributed by atoms with E-state index in [9.17, 15) is 0 Å². The largest absolute Gasteiger partial charge is 0.335 e. The Bertz CT molecular complexity index is 320. The van der Waals surface area contributed by atoms with E-state index < -0.39 is 0 Å². The van der Waals surface area contributed by atoms with Crippen LogP contribution in [0.2, 0.25) is 0 Å². The standard InChI is InChI=1S/C10H17N3O/c1-7(11)9-12-8(14-13-9)5-6-10(2,3)4/h5-7H,11H2,1-4H3/b6-5+. The highest BCUT2D eigenvalue weighted by atomic mass is 16.5. The summed E-state index contributed by atoms with van der Waals surface area (Å²) in [5.74, 6) is 1.05. The zero-order valence-corrected chi connectivity index (χ0v) is 9.11. The fourth-order valence-corrected chi connectivity index (χ4v) is 0.821. The van der Waals surface area contributed by atoms with Crippen LogP contribution in [0.4, 0.5) is 0 Å². The van der Waals surface area contributed by atoms with Crippen molar-refractivity contribution in [2.45, 2.75) is 33.7 Å². The van der Waals surface area contributed by atoms with E-state index in [0.717, 1.165) is 0 Å². The second-order valence-corrected chi connectivity index (χ2v) is 4.48. The number of aromatic nitrogens is 2. The van der Waals surface area contributed by atoms with Crippen molar-refractivity contribution >= 4 is 6.08 Å². The highest BCUT2D eigenvalue weighted by Crippen LogP contribution is 2.16. The summed E-state index contributed by atoms with van der Waals surface area (Å²) in [7, 11) is 0. The van der Waals surface area contributed by atoms with Gasteiger partial charge in [0.25, 0.3) is 0 Å². The van der Waals surface area contributed by atoms with E-state index in [1.165, 1.54) is 0 Å². The summed E-state index contributed by atoms with van der Waals surface area (Å²) in [6, 6.07) is -0.185. The Morgan fingerprint density at radius 2 is 2.07 bits per heavy atom. The van der Waals surface area contributed by atoms with Gasteiger partial charge in [0.1, 0.15) is 0 Å². The van der Waals surface area contributed by atoms with Crippen LogP contribution in [-0.2, 0) is 0 Å². The third-order valence-electron chi connectivity index (χ3n) is 1.59. The quantitative estimate of drug-likeness (QED) is 0.785. The molecule has 0 amide bonds. The maximum Gasteiger partial charge on any atom is 0.250 e. The van der Waals surface area contributed by atoms with E-state index in [4.69, 9.17) is 10.3 Å². The Kier molecular flexibility index (Phi) is 3.06. The van der Waals surface area contributed by atoms with Crippen LogP contribution in [0.3, 0.4) is 0 Å². The minimum atomic E-state index is -0.185. The first-order valence-corrected chi connectivity index (χ1v) is 4.67. The van der Waals surface area contributed by atoms with Gasteiger partial charge in [0.05, 0.1) is 6.04 Å². The lowest BCUT2D eigenvalue weighted by Crippen LogP contribution is -2.06. The topological polar surface area (TPSA) is 64.9 Å². The van der Waals surface area contributed by atoms with E-state index in [1.807, 2.05) is 19.1 Å². The average Bonchev–Trinajstić information content (AvgIpc) is 2.47. The normalized spacial score (nSPS) is 14.9. The molecule has 2 N–H and O–H groups in total. The molecular formula is C10H17N3O. The number of hydrogen-bond acceptors (Lipinski definition) is 4. The van der Waals surface area contributed by atoms with Crippen molar-refractivity contribution in [3.8, 4) is 0 Å². The maximum atomic E-state index is 5.60. The molecule has 0 aliphatic carbocycles. The number of nitrogens with zero attached hydrogens (tertiary/aromatic N) is 2. The van der Waals surface area contributed by atoms with E-state index in [-0.39, 0.29) is 11.5 Å². The van der Waals surface area contributed by atoms with Crippen LogP contribution >= 0.6 is 0 Å². The molecule has 0 aliphatic rings. The first-order chi connectivity index (χ1) is 6.38. The molecule has 14 heavy (non-hydrogen) atoms. The molecule has 1 heterocycles. The van der Waals surface area contributed by atoms with E-state index in [0.29, 0.717) is 11.7 Å². The van der Waals surface area contributed by atoms with Gasteiger partial charge in [-0.15, -0.1) is 0 Å². The number of rotatable bonds is 2. The summed E-state index contributed by atoms with van der Waals surface area (Å²) in [4.78, 5) is 4.12. The molecule has 0 radical (unpaired) electrons. The van der Waals surface area contributed by atoms with Gasteiger partial charge >= 0.3 is 0 Å². The maximum absolute atomic E-state index is 5.60. The van der Waals surface area contributed by atoms with Crippen LogP contribution in [0.25, 0.3) is 6.08 Å². The molecule has 4 nitrogen and oxygen atoms in total. The first-order valence-electron chi connectivity index (χ1n) is 4.67. The van der Waals surface area contributed by atoms with Crippen molar-refractivity contribution < 1.29 is 4.52 Å². The molecule has 0 aliphatic heterocycles. The second-order valence-electron chi connectivity index (χ2n) is 4.48. The molecule has 1 aromatic rings. The summed E-state index contributed by atoms with van der Waals surface area (Å²) >= 11 is 0. The highest BCUT2D eigenvalue weighted by Gasteiger charge is 2.09. The van der Waals surface area contributed by atoms with Crippen molar-refractivity contribution in [1.82, 2.24) is 10.1 Å². The van der Waals surface area contributed by atoms with Crippen LogP contribution < -0.4 is 5.73 Å². The number of allylic oxidation sites excluding steroid dienone is 1. The highest BCUT2D eigenvalue weighted by molar-refractivity contribution is 5.38. The van der Waals surface area contributed by atoms with Gasteiger partial charge in [-0.1, -0.05) is 32.0 Å². The zero-order valence-electron chi connectivity index (χ0n) is 9.11. The summed E-state index contributed by atoms with van der Waals surface area (Å²) in [6.07, 6.45) is 3.84. The number of nitrogens with two attached hydrogens (primary N) is 1. The van der Waals surface area contributed by atoms with Crippen LogP contribution in [0, 0.1) is 5.41 Å². The van der Waals surface area contributed by atoms with Gasteiger partial charge < -0.3 is 10.3 Å². The Hall–Kier alpha value is -1.16. The second kappa shape index (κ2) is 3.92. The Labute approximate surface area is 84.2 Å². The van der Waals surface area contributed by atoms with Gasteiger partial charge in [-0.2, -0.15) is 4.98 Å². The fraction of sp³-hybridized carbons (Fsp3) is 0.600. The predicted molar refractivity (Wildman–Crippen MR) is 55.4 cm³/mol. The molecule has 0 saturated carbocycles. The average molecular weight is 195 g/mol. The zero-order chi connectivity index (χ0) is 10.8. The molecule has 0 fully saturated rings. The molecular weight excluding hydrogens is 178 g/mol. The van der Waals surface area contributed by atoms with Crippen molar-refractivity contribution in [1.29, 1.82) is 0 Å². The van der Waals surface area contributed by atoms with Crippen molar-refractivity contribution in [2.24, 2.45) is 11.1 Å². The van der Waals surface area contributed by atoms with Gasteiger partial charge in [0, 0.05) is 0 Å². The van der Waals surface area contributed by atoms with E-state index in [2.05, 4.69) is 30.9 Å². The van der Waals surface area contributed by atoms with Crippen LogP contribution in [-0.4, -0.2) is 10.1 Å². The van der Waals surface area contributed by atoms with Crippen LogP contribution in [0.5, 0.6) is 0 Å². The lowest BCUT2D eigenvalue weighted by molar-refractivity contribution is 0.398. The fourth-order valence-electron chi connectivity index (χ4n) is 0.821. The Morgan fingerprint density at radius 3 is 2.50 bits per heavy atom. The van der Waals surface area contributed by atoms with Gasteiger partial charge in [-0.25, -0.2) is 0 Å². The summed E-state index contributed by atoms with van der Waals surface area (Å²) in [6.45, 7) is 8.13. The molecule has 0 aromatic carbocycles. The minimum absolute atomic E-state index is 0.114. The lowest BCUT2D eigenvalue weighted by Gasteiger charge is -2.09. The minimum Gasteiger partial charge on any atom is -0.335 e.